The summed E-state index contributed by atoms with van der Waals surface area (Å²) in [5.74, 6) is 2.07. The van der Waals surface area contributed by atoms with Crippen molar-refractivity contribution in [2.45, 2.75) is 13.8 Å². The van der Waals surface area contributed by atoms with Crippen molar-refractivity contribution in [3.05, 3.63) is 35.2 Å². The molecule has 0 aromatic heterocycles. The summed E-state index contributed by atoms with van der Waals surface area (Å²) in [6.07, 6.45) is 0. The van der Waals surface area contributed by atoms with Crippen LogP contribution in [0.2, 0.25) is 5.02 Å². The summed E-state index contributed by atoms with van der Waals surface area (Å²) in [5, 5.41) is 0.709. The Balaban J connectivity index is 2.52. The van der Waals surface area contributed by atoms with Crippen molar-refractivity contribution in [2.75, 3.05) is 6.61 Å². The summed E-state index contributed by atoms with van der Waals surface area (Å²) in [4.78, 5) is 0. The van der Waals surface area contributed by atoms with Crippen LogP contribution < -0.4 is 4.74 Å². The highest BCUT2D eigenvalue weighted by Gasteiger charge is 1.97. The summed E-state index contributed by atoms with van der Waals surface area (Å²) in [7, 11) is 0. The van der Waals surface area contributed by atoms with E-state index in [-0.39, 0.29) is 0 Å². The van der Waals surface area contributed by atoms with Crippen LogP contribution >= 0.6 is 11.6 Å². The van der Waals surface area contributed by atoms with Crippen molar-refractivity contribution >= 4 is 11.6 Å². The molecule has 1 aromatic rings. The maximum absolute atomic E-state index is 5.77. The number of ether oxygens (including phenoxy) is 1. The molecule has 0 saturated heterocycles. The molecule has 1 aromatic carbocycles. The van der Waals surface area contributed by atoms with E-state index in [0.29, 0.717) is 11.6 Å². The first-order valence-electron chi connectivity index (χ1n) is 3.86. The van der Waals surface area contributed by atoms with Gasteiger partial charge in [0.15, 0.2) is 0 Å². The summed E-state index contributed by atoms with van der Waals surface area (Å²) < 4.78 is 5.43. The summed E-state index contributed by atoms with van der Waals surface area (Å²) >= 11 is 5.77. The zero-order valence-electron chi connectivity index (χ0n) is 7.30. The molecule has 0 aliphatic carbocycles. The van der Waals surface area contributed by atoms with Gasteiger partial charge in [-0.05, 0) is 18.2 Å². The molecule has 0 saturated carbocycles. The van der Waals surface area contributed by atoms with Gasteiger partial charge < -0.3 is 4.74 Å². The number of halogens is 1. The van der Waals surface area contributed by atoms with Crippen LogP contribution in [0.25, 0.3) is 0 Å². The molecule has 0 aliphatic rings. The van der Waals surface area contributed by atoms with Gasteiger partial charge in [0.25, 0.3) is 0 Å². The van der Waals surface area contributed by atoms with Crippen LogP contribution in [-0.2, 0) is 0 Å². The second-order valence-corrected chi connectivity index (χ2v) is 3.39. The molecule has 1 radical (unpaired) electrons. The maximum Gasteiger partial charge on any atom is 0.120 e. The fraction of sp³-hybridized carbons (Fsp3) is 0.300. The molecule has 2 heteroatoms. The molecule has 0 bridgehead atoms. The summed E-state index contributed by atoms with van der Waals surface area (Å²) in [6, 6.07) is 7.42. The normalized spacial score (nSPS) is 10.3. The highest BCUT2D eigenvalue weighted by atomic mass is 35.5. The Bertz CT molecular complexity index is 245. The Morgan fingerprint density at radius 2 is 2.17 bits per heavy atom. The van der Waals surface area contributed by atoms with Crippen molar-refractivity contribution < 1.29 is 4.74 Å². The van der Waals surface area contributed by atoms with E-state index in [2.05, 4.69) is 0 Å². The number of hydrogen-bond donors (Lipinski definition) is 0. The van der Waals surface area contributed by atoms with Gasteiger partial charge in [-0.1, -0.05) is 31.5 Å². The lowest BCUT2D eigenvalue weighted by Gasteiger charge is -2.07. The molecule has 0 aliphatic heterocycles. The van der Waals surface area contributed by atoms with Crippen LogP contribution in [0.4, 0.5) is 0 Å². The van der Waals surface area contributed by atoms with Gasteiger partial charge in [-0.25, -0.2) is 0 Å². The third-order valence-corrected chi connectivity index (χ3v) is 1.56. The van der Waals surface area contributed by atoms with E-state index in [1.807, 2.05) is 38.1 Å². The van der Waals surface area contributed by atoms with Gasteiger partial charge in [-0.2, -0.15) is 0 Å². The quantitative estimate of drug-likeness (QED) is 0.699. The first kappa shape index (κ1) is 9.40. The lowest BCUT2D eigenvalue weighted by molar-refractivity contribution is 0.332. The minimum absolute atomic E-state index is 0.653. The van der Waals surface area contributed by atoms with Gasteiger partial charge in [0.2, 0.25) is 0 Å². The predicted molar refractivity (Wildman–Crippen MR) is 51.5 cm³/mol. The van der Waals surface area contributed by atoms with Gasteiger partial charge in [-0.3, -0.25) is 0 Å². The topological polar surface area (TPSA) is 9.23 Å². The molecule has 0 unspecified atom stereocenters. The Morgan fingerprint density at radius 3 is 2.75 bits per heavy atom. The second-order valence-electron chi connectivity index (χ2n) is 2.95. The first-order valence-corrected chi connectivity index (χ1v) is 4.23. The lowest BCUT2D eigenvalue weighted by atomic mass is 10.2. The van der Waals surface area contributed by atoms with Crippen molar-refractivity contribution in [2.24, 2.45) is 0 Å². The van der Waals surface area contributed by atoms with E-state index >= 15 is 0 Å². The minimum Gasteiger partial charge on any atom is -0.493 e. The monoisotopic (exact) mass is 183 g/mol. The van der Waals surface area contributed by atoms with E-state index in [0.717, 1.165) is 5.75 Å². The van der Waals surface area contributed by atoms with Crippen LogP contribution in [0.5, 0.6) is 5.75 Å². The smallest absolute Gasteiger partial charge is 0.120 e. The Morgan fingerprint density at radius 1 is 1.42 bits per heavy atom. The fourth-order valence-corrected chi connectivity index (χ4v) is 0.965. The van der Waals surface area contributed by atoms with Crippen molar-refractivity contribution in [3.63, 3.8) is 0 Å². The standard InChI is InChI=1S/C10H12ClO/c1-8(2)7-12-10-5-3-4-9(11)6-10/h3-6H,7H2,1-2H3. The maximum atomic E-state index is 5.77. The fourth-order valence-electron chi connectivity index (χ4n) is 0.784. The van der Waals surface area contributed by atoms with E-state index in [1.54, 1.807) is 0 Å². The number of hydrogen-bond acceptors (Lipinski definition) is 1. The third-order valence-electron chi connectivity index (χ3n) is 1.32. The zero-order valence-corrected chi connectivity index (χ0v) is 8.06. The molecule has 12 heavy (non-hydrogen) atoms. The number of rotatable bonds is 3. The molecular weight excluding hydrogens is 172 g/mol. The van der Waals surface area contributed by atoms with Gasteiger partial charge >= 0.3 is 0 Å². The van der Waals surface area contributed by atoms with E-state index in [4.69, 9.17) is 16.3 Å². The Kier molecular flexibility index (Phi) is 3.42. The average molecular weight is 184 g/mol. The average Bonchev–Trinajstić information content (AvgIpc) is 2.01. The highest BCUT2D eigenvalue weighted by Crippen LogP contribution is 2.17. The van der Waals surface area contributed by atoms with Crippen molar-refractivity contribution in [1.82, 2.24) is 0 Å². The van der Waals surface area contributed by atoms with Gasteiger partial charge in [0, 0.05) is 10.9 Å². The largest absolute Gasteiger partial charge is 0.493 e. The zero-order chi connectivity index (χ0) is 8.97. The molecule has 0 N–H and O–H groups in total. The lowest BCUT2D eigenvalue weighted by Crippen LogP contribution is -2.02. The molecule has 0 atom stereocenters. The number of benzene rings is 1. The van der Waals surface area contributed by atoms with Crippen LogP contribution in [0, 0.1) is 5.92 Å². The van der Waals surface area contributed by atoms with Gasteiger partial charge in [-0.15, -0.1) is 0 Å². The highest BCUT2D eigenvalue weighted by molar-refractivity contribution is 6.30. The molecule has 1 rings (SSSR count). The van der Waals surface area contributed by atoms with Crippen LogP contribution in [-0.4, -0.2) is 6.61 Å². The Hall–Kier alpha value is -0.690. The third kappa shape index (κ3) is 3.14. The molecule has 0 fully saturated rings. The molecule has 65 valence electrons. The van der Waals surface area contributed by atoms with Crippen LogP contribution in [0.15, 0.2) is 24.3 Å². The van der Waals surface area contributed by atoms with Gasteiger partial charge in [0.1, 0.15) is 5.75 Å². The summed E-state index contributed by atoms with van der Waals surface area (Å²) in [5.41, 5.74) is 0. The summed E-state index contributed by atoms with van der Waals surface area (Å²) in [6.45, 7) is 4.72. The molecule has 0 heterocycles. The van der Waals surface area contributed by atoms with Gasteiger partial charge in [0.05, 0.1) is 6.61 Å². The predicted octanol–water partition coefficient (Wildman–Crippen LogP) is 3.33. The van der Waals surface area contributed by atoms with E-state index in [1.165, 1.54) is 5.92 Å². The molecule has 0 amide bonds. The Labute approximate surface area is 78.3 Å². The van der Waals surface area contributed by atoms with Crippen molar-refractivity contribution in [1.29, 1.82) is 0 Å². The van der Waals surface area contributed by atoms with E-state index < -0.39 is 0 Å². The minimum atomic E-state index is 0.653. The SMILES string of the molecule is C[C](C)COc1cccc(Cl)c1. The molecular formula is C10H12ClO. The molecule has 1 nitrogen and oxygen atoms in total. The first-order chi connectivity index (χ1) is 5.68. The van der Waals surface area contributed by atoms with Crippen LogP contribution in [0.1, 0.15) is 13.8 Å². The van der Waals surface area contributed by atoms with Crippen LogP contribution in [0.3, 0.4) is 0 Å². The molecule has 0 spiro atoms. The second kappa shape index (κ2) is 4.36. The van der Waals surface area contributed by atoms with Crippen molar-refractivity contribution in [3.8, 4) is 5.75 Å². The van der Waals surface area contributed by atoms with E-state index in [9.17, 15) is 0 Å².